The van der Waals surface area contributed by atoms with E-state index in [2.05, 4.69) is 12.2 Å². The lowest BCUT2D eigenvalue weighted by Crippen LogP contribution is -2.01. The molecule has 0 heterocycles. The first-order chi connectivity index (χ1) is 6.83. The van der Waals surface area contributed by atoms with Crippen LogP contribution in [0.15, 0.2) is 24.3 Å². The topological polar surface area (TPSA) is 38.0 Å². The van der Waals surface area contributed by atoms with Crippen LogP contribution in [-0.4, -0.2) is 6.54 Å². The fraction of sp³-hybridized carbons (Fsp3) is 0.500. The molecule has 0 bridgehead atoms. The number of hydrogen-bond acceptors (Lipinski definition) is 2. The van der Waals surface area contributed by atoms with Crippen molar-refractivity contribution in [2.75, 3.05) is 17.6 Å². The van der Waals surface area contributed by atoms with Gasteiger partial charge in [-0.05, 0) is 30.7 Å². The Balaban J connectivity index is 2.15. The normalized spacial score (nSPS) is 10.1. The van der Waals surface area contributed by atoms with Crippen molar-refractivity contribution in [2.45, 2.75) is 32.6 Å². The molecule has 0 atom stereocenters. The summed E-state index contributed by atoms with van der Waals surface area (Å²) < 4.78 is 0. The summed E-state index contributed by atoms with van der Waals surface area (Å²) in [6, 6.07) is 7.90. The standard InChI is InChI=1S/C12H20N2/c1-2-3-4-5-10-14-12-8-6-11(13)7-9-12/h6-9,14H,2-5,10,13H2,1H3. The predicted octanol–water partition coefficient (Wildman–Crippen LogP) is 3.26. The van der Waals surface area contributed by atoms with Gasteiger partial charge in [-0.15, -0.1) is 0 Å². The van der Waals surface area contributed by atoms with Gasteiger partial charge in [0.05, 0.1) is 0 Å². The molecule has 1 aromatic rings. The second-order valence-electron chi connectivity index (χ2n) is 3.61. The van der Waals surface area contributed by atoms with Crippen LogP contribution in [0.25, 0.3) is 0 Å². The predicted molar refractivity (Wildman–Crippen MR) is 63.5 cm³/mol. The van der Waals surface area contributed by atoms with Gasteiger partial charge in [-0.1, -0.05) is 26.2 Å². The van der Waals surface area contributed by atoms with E-state index in [0.29, 0.717) is 0 Å². The Morgan fingerprint density at radius 3 is 2.43 bits per heavy atom. The van der Waals surface area contributed by atoms with Crippen LogP contribution in [0.2, 0.25) is 0 Å². The number of nitrogens with two attached hydrogens (primary N) is 1. The lowest BCUT2D eigenvalue weighted by molar-refractivity contribution is 0.685. The van der Waals surface area contributed by atoms with Gasteiger partial charge in [-0.2, -0.15) is 0 Å². The molecule has 0 amide bonds. The molecule has 0 aliphatic heterocycles. The average Bonchev–Trinajstić information content (AvgIpc) is 2.21. The first-order valence-corrected chi connectivity index (χ1v) is 5.42. The highest BCUT2D eigenvalue weighted by Gasteiger charge is 1.91. The third-order valence-corrected chi connectivity index (χ3v) is 2.27. The smallest absolute Gasteiger partial charge is 0.0341 e. The first kappa shape index (κ1) is 10.9. The van der Waals surface area contributed by atoms with Gasteiger partial charge in [0.2, 0.25) is 0 Å². The molecule has 1 aromatic carbocycles. The minimum absolute atomic E-state index is 0.821. The second-order valence-corrected chi connectivity index (χ2v) is 3.61. The molecule has 2 heteroatoms. The highest BCUT2D eigenvalue weighted by molar-refractivity contribution is 5.50. The Bertz CT molecular complexity index is 241. The van der Waals surface area contributed by atoms with Gasteiger partial charge in [-0.25, -0.2) is 0 Å². The molecular formula is C12H20N2. The first-order valence-electron chi connectivity index (χ1n) is 5.42. The van der Waals surface area contributed by atoms with Gasteiger partial charge >= 0.3 is 0 Å². The van der Waals surface area contributed by atoms with E-state index in [-0.39, 0.29) is 0 Å². The van der Waals surface area contributed by atoms with Crippen molar-refractivity contribution < 1.29 is 0 Å². The monoisotopic (exact) mass is 192 g/mol. The van der Waals surface area contributed by atoms with E-state index in [1.54, 1.807) is 0 Å². The maximum Gasteiger partial charge on any atom is 0.0341 e. The van der Waals surface area contributed by atoms with Crippen LogP contribution in [0.1, 0.15) is 32.6 Å². The molecule has 0 aliphatic carbocycles. The summed E-state index contributed by atoms with van der Waals surface area (Å²) in [6.45, 7) is 3.29. The fourth-order valence-corrected chi connectivity index (χ4v) is 1.39. The van der Waals surface area contributed by atoms with Crippen molar-refractivity contribution in [3.63, 3.8) is 0 Å². The molecule has 0 unspecified atom stereocenters. The number of rotatable bonds is 6. The SMILES string of the molecule is CCCCCCNc1ccc(N)cc1. The fourth-order valence-electron chi connectivity index (χ4n) is 1.39. The molecular weight excluding hydrogens is 172 g/mol. The van der Waals surface area contributed by atoms with E-state index in [1.165, 1.54) is 25.7 Å². The van der Waals surface area contributed by atoms with E-state index in [1.807, 2.05) is 24.3 Å². The second kappa shape index (κ2) is 6.30. The van der Waals surface area contributed by atoms with Gasteiger partial charge in [0.15, 0.2) is 0 Å². The van der Waals surface area contributed by atoms with Crippen LogP contribution in [0, 0.1) is 0 Å². The molecule has 0 saturated carbocycles. The highest BCUT2D eigenvalue weighted by atomic mass is 14.9. The zero-order valence-corrected chi connectivity index (χ0v) is 8.92. The number of nitrogens with one attached hydrogen (secondary N) is 1. The van der Waals surface area contributed by atoms with Crippen LogP contribution >= 0.6 is 0 Å². The van der Waals surface area contributed by atoms with Crippen molar-refractivity contribution >= 4 is 11.4 Å². The molecule has 78 valence electrons. The number of benzene rings is 1. The largest absolute Gasteiger partial charge is 0.399 e. The number of hydrogen-bond donors (Lipinski definition) is 2. The molecule has 2 nitrogen and oxygen atoms in total. The molecule has 0 radical (unpaired) electrons. The third kappa shape index (κ3) is 4.17. The van der Waals surface area contributed by atoms with Gasteiger partial charge in [-0.3, -0.25) is 0 Å². The van der Waals surface area contributed by atoms with E-state index >= 15 is 0 Å². The zero-order valence-electron chi connectivity index (χ0n) is 8.92. The lowest BCUT2D eigenvalue weighted by atomic mass is 10.2. The van der Waals surface area contributed by atoms with Crippen LogP contribution in [0.3, 0.4) is 0 Å². The third-order valence-electron chi connectivity index (χ3n) is 2.27. The minimum Gasteiger partial charge on any atom is -0.399 e. The van der Waals surface area contributed by atoms with Crippen LogP contribution in [-0.2, 0) is 0 Å². The van der Waals surface area contributed by atoms with Crippen molar-refractivity contribution in [1.29, 1.82) is 0 Å². The molecule has 14 heavy (non-hydrogen) atoms. The van der Waals surface area contributed by atoms with E-state index in [4.69, 9.17) is 5.73 Å². The molecule has 0 saturated heterocycles. The molecule has 0 spiro atoms. The quantitative estimate of drug-likeness (QED) is 0.536. The Morgan fingerprint density at radius 1 is 1.07 bits per heavy atom. The molecule has 0 fully saturated rings. The van der Waals surface area contributed by atoms with Crippen molar-refractivity contribution in [3.05, 3.63) is 24.3 Å². The van der Waals surface area contributed by atoms with Crippen LogP contribution in [0.4, 0.5) is 11.4 Å². The van der Waals surface area contributed by atoms with Crippen LogP contribution < -0.4 is 11.1 Å². The molecule has 0 aliphatic rings. The molecule has 1 rings (SSSR count). The summed E-state index contributed by atoms with van der Waals surface area (Å²) in [5.74, 6) is 0. The number of unbranched alkanes of at least 4 members (excludes halogenated alkanes) is 3. The Morgan fingerprint density at radius 2 is 1.79 bits per heavy atom. The Hall–Kier alpha value is -1.18. The van der Waals surface area contributed by atoms with Crippen LogP contribution in [0.5, 0.6) is 0 Å². The molecule has 0 aromatic heterocycles. The van der Waals surface area contributed by atoms with Crippen molar-refractivity contribution in [2.24, 2.45) is 0 Å². The Kier molecular flexibility index (Phi) is 4.90. The van der Waals surface area contributed by atoms with Gasteiger partial charge in [0, 0.05) is 17.9 Å². The number of nitrogen functional groups attached to an aromatic ring is 1. The molecule has 3 N–H and O–H groups in total. The zero-order chi connectivity index (χ0) is 10.2. The maximum absolute atomic E-state index is 5.59. The van der Waals surface area contributed by atoms with E-state index in [9.17, 15) is 0 Å². The highest BCUT2D eigenvalue weighted by Crippen LogP contribution is 2.10. The van der Waals surface area contributed by atoms with Crippen molar-refractivity contribution in [3.8, 4) is 0 Å². The lowest BCUT2D eigenvalue weighted by Gasteiger charge is -2.05. The summed E-state index contributed by atoms with van der Waals surface area (Å²) >= 11 is 0. The number of anilines is 2. The summed E-state index contributed by atoms with van der Waals surface area (Å²) in [5.41, 5.74) is 7.58. The van der Waals surface area contributed by atoms with E-state index in [0.717, 1.165) is 17.9 Å². The van der Waals surface area contributed by atoms with E-state index < -0.39 is 0 Å². The summed E-state index contributed by atoms with van der Waals surface area (Å²) in [6.07, 6.45) is 5.20. The average molecular weight is 192 g/mol. The van der Waals surface area contributed by atoms with Gasteiger partial charge < -0.3 is 11.1 Å². The van der Waals surface area contributed by atoms with Crippen molar-refractivity contribution in [1.82, 2.24) is 0 Å². The minimum atomic E-state index is 0.821. The summed E-state index contributed by atoms with van der Waals surface area (Å²) in [7, 11) is 0. The summed E-state index contributed by atoms with van der Waals surface area (Å²) in [5, 5.41) is 3.38. The van der Waals surface area contributed by atoms with Gasteiger partial charge in [0.25, 0.3) is 0 Å². The Labute approximate surface area is 86.5 Å². The van der Waals surface area contributed by atoms with Gasteiger partial charge in [0.1, 0.15) is 0 Å². The maximum atomic E-state index is 5.59. The summed E-state index contributed by atoms with van der Waals surface area (Å²) in [4.78, 5) is 0.